The first-order valence-corrected chi connectivity index (χ1v) is 6.10. The van der Waals surface area contributed by atoms with E-state index in [0.29, 0.717) is 6.61 Å². The highest BCUT2D eigenvalue weighted by Crippen LogP contribution is 1.97. The Kier molecular flexibility index (Phi) is 8.21. The number of methoxy groups -OCH3 is 1. The molecule has 0 aliphatic carbocycles. The Morgan fingerprint density at radius 3 is 2.25 bits per heavy atom. The van der Waals surface area contributed by atoms with Crippen LogP contribution in [0.1, 0.15) is 40.5 Å². The predicted molar refractivity (Wildman–Crippen MR) is 66.4 cm³/mol. The van der Waals surface area contributed by atoms with Crippen LogP contribution in [0.3, 0.4) is 0 Å². The summed E-state index contributed by atoms with van der Waals surface area (Å²) in [5, 5.41) is 6.22. The highest BCUT2D eigenvalue weighted by Gasteiger charge is 2.17. The minimum Gasteiger partial charge on any atom is -0.383 e. The van der Waals surface area contributed by atoms with Gasteiger partial charge in [-0.1, -0.05) is 13.8 Å². The topological polar surface area (TPSA) is 50.4 Å². The van der Waals surface area contributed by atoms with E-state index in [2.05, 4.69) is 24.5 Å². The average Bonchev–Trinajstić information content (AvgIpc) is 2.25. The first-order valence-electron chi connectivity index (χ1n) is 6.10. The van der Waals surface area contributed by atoms with E-state index >= 15 is 0 Å². The smallest absolute Gasteiger partial charge is 0.237 e. The quantitative estimate of drug-likeness (QED) is 0.661. The number of hydrogen-bond acceptors (Lipinski definition) is 3. The molecule has 0 spiro atoms. The normalized spacial score (nSPS) is 14.9. The van der Waals surface area contributed by atoms with Gasteiger partial charge in [0.2, 0.25) is 5.91 Å². The number of ether oxygens (including phenoxy) is 1. The van der Waals surface area contributed by atoms with E-state index < -0.39 is 0 Å². The zero-order valence-corrected chi connectivity index (χ0v) is 11.2. The largest absolute Gasteiger partial charge is 0.383 e. The van der Waals surface area contributed by atoms with Crippen molar-refractivity contribution in [2.45, 2.75) is 58.7 Å². The lowest BCUT2D eigenvalue weighted by molar-refractivity contribution is -0.123. The summed E-state index contributed by atoms with van der Waals surface area (Å²) in [5.41, 5.74) is 0. The van der Waals surface area contributed by atoms with Gasteiger partial charge in [-0.3, -0.25) is 4.79 Å². The second-order valence-electron chi connectivity index (χ2n) is 4.27. The molecule has 0 saturated heterocycles. The van der Waals surface area contributed by atoms with Crippen LogP contribution >= 0.6 is 0 Å². The van der Waals surface area contributed by atoms with Crippen LogP contribution in [0, 0.1) is 0 Å². The van der Waals surface area contributed by atoms with Gasteiger partial charge in [-0.25, -0.2) is 0 Å². The SMILES string of the molecule is CCC(CC)NC(=O)C(C)NC(C)COC. The highest BCUT2D eigenvalue weighted by atomic mass is 16.5. The first-order chi connectivity index (χ1) is 7.54. The third kappa shape index (κ3) is 6.08. The molecular formula is C12H26N2O2. The molecule has 16 heavy (non-hydrogen) atoms. The van der Waals surface area contributed by atoms with Crippen LogP contribution in [0.4, 0.5) is 0 Å². The van der Waals surface area contributed by atoms with E-state index in [9.17, 15) is 4.79 Å². The van der Waals surface area contributed by atoms with E-state index in [1.54, 1.807) is 7.11 Å². The Bertz CT molecular complexity index is 193. The fourth-order valence-electron chi connectivity index (χ4n) is 1.62. The summed E-state index contributed by atoms with van der Waals surface area (Å²) in [6.07, 6.45) is 1.95. The molecule has 2 atom stereocenters. The molecule has 0 aliphatic rings. The van der Waals surface area contributed by atoms with Crippen LogP contribution < -0.4 is 10.6 Å². The number of carbonyl (C=O) groups is 1. The maximum Gasteiger partial charge on any atom is 0.237 e. The number of carbonyl (C=O) groups excluding carboxylic acids is 1. The van der Waals surface area contributed by atoms with Crippen LogP contribution in [0.5, 0.6) is 0 Å². The van der Waals surface area contributed by atoms with Gasteiger partial charge in [0, 0.05) is 19.2 Å². The summed E-state index contributed by atoms with van der Waals surface area (Å²) in [5.74, 6) is 0.0663. The standard InChI is InChI=1S/C12H26N2O2/c1-6-11(7-2)14-12(15)10(4)13-9(3)8-16-5/h9-11,13H,6-8H2,1-5H3,(H,14,15). The lowest BCUT2D eigenvalue weighted by atomic mass is 10.1. The summed E-state index contributed by atoms with van der Waals surface area (Å²) < 4.78 is 5.01. The Hall–Kier alpha value is -0.610. The molecule has 0 radical (unpaired) electrons. The van der Waals surface area contributed by atoms with Gasteiger partial charge in [0.1, 0.15) is 0 Å². The van der Waals surface area contributed by atoms with Crippen molar-refractivity contribution in [1.29, 1.82) is 0 Å². The third-order valence-corrected chi connectivity index (χ3v) is 2.68. The van der Waals surface area contributed by atoms with E-state index in [0.717, 1.165) is 12.8 Å². The van der Waals surface area contributed by atoms with E-state index in [1.165, 1.54) is 0 Å². The fraction of sp³-hybridized carbons (Fsp3) is 0.917. The molecule has 1 amide bonds. The molecule has 0 heterocycles. The van der Waals surface area contributed by atoms with Crippen LogP contribution in [0.25, 0.3) is 0 Å². The van der Waals surface area contributed by atoms with Crippen molar-refractivity contribution in [1.82, 2.24) is 10.6 Å². The Labute approximate surface area is 99.1 Å². The van der Waals surface area contributed by atoms with Crippen LogP contribution in [-0.4, -0.2) is 37.7 Å². The molecule has 4 nitrogen and oxygen atoms in total. The van der Waals surface area contributed by atoms with Gasteiger partial charge in [0.15, 0.2) is 0 Å². The Morgan fingerprint density at radius 1 is 1.25 bits per heavy atom. The van der Waals surface area contributed by atoms with Crippen molar-refractivity contribution in [3.05, 3.63) is 0 Å². The predicted octanol–water partition coefficient (Wildman–Crippen LogP) is 1.30. The fourth-order valence-corrected chi connectivity index (χ4v) is 1.62. The second-order valence-corrected chi connectivity index (χ2v) is 4.27. The molecule has 0 aromatic rings. The minimum atomic E-state index is -0.175. The first kappa shape index (κ1) is 15.4. The third-order valence-electron chi connectivity index (χ3n) is 2.68. The molecule has 0 aromatic carbocycles. The van der Waals surface area contributed by atoms with Crippen molar-refractivity contribution in [3.63, 3.8) is 0 Å². The summed E-state index contributed by atoms with van der Waals surface area (Å²) in [6, 6.07) is 0.299. The van der Waals surface area contributed by atoms with Gasteiger partial charge in [0.05, 0.1) is 12.6 Å². The second kappa shape index (κ2) is 8.53. The molecule has 0 bridgehead atoms. The summed E-state index contributed by atoms with van der Waals surface area (Å²) in [6.45, 7) is 8.66. The van der Waals surface area contributed by atoms with Gasteiger partial charge < -0.3 is 15.4 Å². The van der Waals surface area contributed by atoms with Gasteiger partial charge in [0.25, 0.3) is 0 Å². The number of hydrogen-bond donors (Lipinski definition) is 2. The van der Waals surface area contributed by atoms with Crippen molar-refractivity contribution in [2.75, 3.05) is 13.7 Å². The van der Waals surface area contributed by atoms with E-state index in [4.69, 9.17) is 4.74 Å². The highest BCUT2D eigenvalue weighted by molar-refractivity contribution is 5.81. The molecule has 0 saturated carbocycles. The van der Waals surface area contributed by atoms with Gasteiger partial charge in [-0.15, -0.1) is 0 Å². The van der Waals surface area contributed by atoms with Gasteiger partial charge >= 0.3 is 0 Å². The maximum absolute atomic E-state index is 11.8. The number of nitrogens with one attached hydrogen (secondary N) is 2. The average molecular weight is 230 g/mol. The van der Waals surface area contributed by atoms with Crippen LogP contribution in [0.2, 0.25) is 0 Å². The molecule has 0 aromatic heterocycles. The van der Waals surface area contributed by atoms with Crippen molar-refractivity contribution < 1.29 is 9.53 Å². The lowest BCUT2D eigenvalue weighted by Crippen LogP contribution is -2.49. The zero-order chi connectivity index (χ0) is 12.6. The molecule has 2 unspecified atom stereocenters. The van der Waals surface area contributed by atoms with E-state index in [1.807, 2.05) is 13.8 Å². The molecule has 0 aliphatic heterocycles. The summed E-state index contributed by atoms with van der Waals surface area (Å²) in [4.78, 5) is 11.8. The summed E-state index contributed by atoms with van der Waals surface area (Å²) in [7, 11) is 1.66. The van der Waals surface area contributed by atoms with Crippen molar-refractivity contribution >= 4 is 5.91 Å². The lowest BCUT2D eigenvalue weighted by Gasteiger charge is -2.22. The van der Waals surface area contributed by atoms with Crippen molar-refractivity contribution in [3.8, 4) is 0 Å². The molecule has 4 heteroatoms. The van der Waals surface area contributed by atoms with Gasteiger partial charge in [-0.05, 0) is 26.7 Å². The Morgan fingerprint density at radius 2 is 1.81 bits per heavy atom. The van der Waals surface area contributed by atoms with Gasteiger partial charge in [-0.2, -0.15) is 0 Å². The van der Waals surface area contributed by atoms with E-state index in [-0.39, 0.29) is 24.0 Å². The molecule has 0 fully saturated rings. The number of amides is 1. The molecule has 2 N–H and O–H groups in total. The minimum absolute atomic E-state index is 0.0663. The number of rotatable bonds is 8. The molecule has 96 valence electrons. The molecule has 0 rings (SSSR count). The zero-order valence-electron chi connectivity index (χ0n) is 11.2. The van der Waals surface area contributed by atoms with Crippen molar-refractivity contribution in [2.24, 2.45) is 0 Å². The summed E-state index contributed by atoms with van der Waals surface area (Å²) >= 11 is 0. The van der Waals surface area contributed by atoms with Crippen LogP contribution in [-0.2, 0) is 9.53 Å². The Balaban J connectivity index is 3.97. The molecular weight excluding hydrogens is 204 g/mol. The van der Waals surface area contributed by atoms with Crippen LogP contribution in [0.15, 0.2) is 0 Å². The monoisotopic (exact) mass is 230 g/mol. The maximum atomic E-state index is 11.8.